The first-order valence-electron chi connectivity index (χ1n) is 7.02. The van der Waals surface area contributed by atoms with E-state index in [0.717, 1.165) is 31.8 Å². The Kier molecular flexibility index (Phi) is 9.31. The van der Waals surface area contributed by atoms with Crippen molar-refractivity contribution >= 4 is 30.5 Å². The number of non-ortho nitro benzene ring substituents is 1. The molecule has 2 rings (SSSR count). The van der Waals surface area contributed by atoms with Gasteiger partial charge in [0.2, 0.25) is 0 Å². The van der Waals surface area contributed by atoms with Crippen molar-refractivity contribution in [3.63, 3.8) is 0 Å². The summed E-state index contributed by atoms with van der Waals surface area (Å²) < 4.78 is 14.2. The van der Waals surface area contributed by atoms with Crippen LogP contribution in [-0.4, -0.2) is 36.0 Å². The summed E-state index contributed by atoms with van der Waals surface area (Å²) in [6.07, 6.45) is 0.595. The molecule has 130 valence electrons. The van der Waals surface area contributed by atoms with Crippen LogP contribution in [0.1, 0.15) is 24.9 Å². The third kappa shape index (κ3) is 5.73. The Labute approximate surface area is 147 Å². The maximum Gasteiger partial charge on any atom is 0.269 e. The summed E-state index contributed by atoms with van der Waals surface area (Å²) >= 11 is 0. The van der Waals surface area contributed by atoms with Gasteiger partial charge in [0, 0.05) is 49.9 Å². The van der Waals surface area contributed by atoms with Gasteiger partial charge in [-0.1, -0.05) is 5.57 Å². The van der Waals surface area contributed by atoms with Gasteiger partial charge in [-0.25, -0.2) is 4.39 Å². The van der Waals surface area contributed by atoms with E-state index < -0.39 is 10.7 Å². The molecule has 1 aromatic carbocycles. The molecule has 0 radical (unpaired) electrons. The summed E-state index contributed by atoms with van der Waals surface area (Å²) in [7, 11) is 0. The number of hydrogen-bond acceptors (Lipinski definition) is 4. The number of rotatable bonds is 5. The van der Waals surface area contributed by atoms with Gasteiger partial charge in [0.15, 0.2) is 0 Å². The lowest BCUT2D eigenvalue weighted by atomic mass is 9.97. The summed E-state index contributed by atoms with van der Waals surface area (Å²) in [6.45, 7) is 9.05. The molecular formula is C15H22Cl2FN3O2. The van der Waals surface area contributed by atoms with Crippen LogP contribution in [0.3, 0.4) is 0 Å². The molecule has 1 atom stereocenters. The monoisotopic (exact) mass is 365 g/mol. The van der Waals surface area contributed by atoms with Gasteiger partial charge < -0.3 is 5.32 Å². The molecule has 0 amide bonds. The van der Waals surface area contributed by atoms with E-state index >= 15 is 0 Å². The second-order valence-electron chi connectivity index (χ2n) is 5.43. The maximum atomic E-state index is 14.2. The van der Waals surface area contributed by atoms with Crippen LogP contribution in [0, 0.1) is 15.9 Å². The second kappa shape index (κ2) is 9.82. The Balaban J connectivity index is 0.00000242. The summed E-state index contributed by atoms with van der Waals surface area (Å²) in [6, 6.07) is 3.53. The fourth-order valence-corrected chi connectivity index (χ4v) is 2.66. The Hall–Kier alpha value is -1.21. The van der Waals surface area contributed by atoms with Crippen LogP contribution in [0.5, 0.6) is 0 Å². The Morgan fingerprint density at radius 2 is 2.04 bits per heavy atom. The maximum absolute atomic E-state index is 14.2. The molecular weight excluding hydrogens is 344 g/mol. The van der Waals surface area contributed by atoms with Crippen molar-refractivity contribution in [1.82, 2.24) is 10.2 Å². The molecule has 0 aromatic heterocycles. The predicted molar refractivity (Wildman–Crippen MR) is 94.2 cm³/mol. The number of nitrogens with zero attached hydrogens (tertiary/aromatic N) is 2. The van der Waals surface area contributed by atoms with Crippen LogP contribution in [0.2, 0.25) is 0 Å². The first kappa shape index (κ1) is 21.8. The molecule has 1 aliphatic heterocycles. The van der Waals surface area contributed by atoms with E-state index in [1.807, 2.05) is 6.92 Å². The first-order chi connectivity index (χ1) is 9.99. The standard InChI is InChI=1S/C15H20FN3O2.2ClH/c1-11(2)9-15(18-7-5-17-6-8-18)13-10-12(19(20)21)3-4-14(13)16;;/h3-4,10,15,17H,1,5-9H2,2H3;2*1H/t15-;;/m0../s1. The summed E-state index contributed by atoms with van der Waals surface area (Å²) in [5.74, 6) is -0.398. The van der Waals surface area contributed by atoms with Gasteiger partial charge >= 0.3 is 0 Å². The topological polar surface area (TPSA) is 58.4 Å². The summed E-state index contributed by atoms with van der Waals surface area (Å²) in [4.78, 5) is 12.6. The van der Waals surface area contributed by atoms with Gasteiger partial charge in [0.05, 0.1) is 4.92 Å². The highest BCUT2D eigenvalue weighted by Gasteiger charge is 2.26. The molecule has 1 N–H and O–H groups in total. The van der Waals surface area contributed by atoms with Gasteiger partial charge in [-0.15, -0.1) is 31.4 Å². The number of halogens is 3. The number of nitro groups is 1. The van der Waals surface area contributed by atoms with Gasteiger partial charge in [-0.2, -0.15) is 0 Å². The number of nitrogens with one attached hydrogen (secondary N) is 1. The van der Waals surface area contributed by atoms with Crippen molar-refractivity contribution in [2.45, 2.75) is 19.4 Å². The van der Waals surface area contributed by atoms with E-state index in [2.05, 4.69) is 16.8 Å². The molecule has 1 saturated heterocycles. The zero-order valence-electron chi connectivity index (χ0n) is 13.0. The van der Waals surface area contributed by atoms with Crippen molar-refractivity contribution in [3.8, 4) is 0 Å². The molecule has 1 aliphatic rings. The third-order valence-electron chi connectivity index (χ3n) is 3.68. The summed E-state index contributed by atoms with van der Waals surface area (Å²) in [5.41, 5.74) is 1.24. The van der Waals surface area contributed by atoms with Crippen LogP contribution < -0.4 is 5.32 Å². The zero-order chi connectivity index (χ0) is 15.4. The second-order valence-corrected chi connectivity index (χ2v) is 5.43. The van der Waals surface area contributed by atoms with Crippen molar-refractivity contribution in [2.75, 3.05) is 26.2 Å². The Bertz CT molecular complexity index is 552. The third-order valence-corrected chi connectivity index (χ3v) is 3.68. The molecule has 0 unspecified atom stereocenters. The van der Waals surface area contributed by atoms with Gasteiger partial charge in [0.1, 0.15) is 5.82 Å². The molecule has 23 heavy (non-hydrogen) atoms. The number of benzene rings is 1. The lowest BCUT2D eigenvalue weighted by Gasteiger charge is -2.35. The highest BCUT2D eigenvalue weighted by molar-refractivity contribution is 5.85. The molecule has 1 heterocycles. The van der Waals surface area contributed by atoms with E-state index in [-0.39, 0.29) is 36.5 Å². The first-order valence-corrected chi connectivity index (χ1v) is 7.02. The molecule has 1 aromatic rings. The zero-order valence-corrected chi connectivity index (χ0v) is 14.6. The fraction of sp³-hybridized carbons (Fsp3) is 0.467. The van der Waals surface area contributed by atoms with Gasteiger partial charge in [-0.3, -0.25) is 15.0 Å². The fourth-order valence-electron chi connectivity index (χ4n) is 2.66. The minimum Gasteiger partial charge on any atom is -0.314 e. The lowest BCUT2D eigenvalue weighted by molar-refractivity contribution is -0.385. The van der Waals surface area contributed by atoms with Crippen molar-refractivity contribution < 1.29 is 9.31 Å². The van der Waals surface area contributed by atoms with E-state index in [9.17, 15) is 14.5 Å². The lowest BCUT2D eigenvalue weighted by Crippen LogP contribution is -2.45. The van der Waals surface area contributed by atoms with Crippen LogP contribution in [0.25, 0.3) is 0 Å². The van der Waals surface area contributed by atoms with Gasteiger partial charge in [0.25, 0.3) is 5.69 Å². The normalized spacial score (nSPS) is 15.9. The van der Waals surface area contributed by atoms with E-state index in [0.29, 0.717) is 12.0 Å². The smallest absolute Gasteiger partial charge is 0.269 e. The van der Waals surface area contributed by atoms with Crippen molar-refractivity contribution in [2.24, 2.45) is 0 Å². The minimum absolute atomic E-state index is 0. The van der Waals surface area contributed by atoms with E-state index in [4.69, 9.17) is 0 Å². The van der Waals surface area contributed by atoms with E-state index in [1.54, 1.807) is 0 Å². The molecule has 0 saturated carbocycles. The van der Waals surface area contributed by atoms with Crippen molar-refractivity contribution in [3.05, 3.63) is 51.8 Å². The molecule has 0 aliphatic carbocycles. The molecule has 5 nitrogen and oxygen atoms in total. The number of piperazine rings is 1. The highest BCUT2D eigenvalue weighted by Crippen LogP contribution is 2.31. The predicted octanol–water partition coefficient (Wildman–Crippen LogP) is 3.49. The molecule has 1 fully saturated rings. The van der Waals surface area contributed by atoms with Crippen LogP contribution in [-0.2, 0) is 0 Å². The van der Waals surface area contributed by atoms with Crippen molar-refractivity contribution in [1.29, 1.82) is 0 Å². The Morgan fingerprint density at radius 3 is 2.57 bits per heavy atom. The average molecular weight is 366 g/mol. The molecule has 8 heteroatoms. The van der Waals surface area contributed by atoms with Gasteiger partial charge in [-0.05, 0) is 19.4 Å². The van der Waals surface area contributed by atoms with Crippen LogP contribution in [0.15, 0.2) is 30.4 Å². The summed E-state index contributed by atoms with van der Waals surface area (Å²) in [5, 5.41) is 14.2. The largest absolute Gasteiger partial charge is 0.314 e. The average Bonchev–Trinajstić information content (AvgIpc) is 2.46. The Morgan fingerprint density at radius 1 is 1.43 bits per heavy atom. The van der Waals surface area contributed by atoms with Crippen LogP contribution in [0.4, 0.5) is 10.1 Å². The molecule has 0 spiro atoms. The van der Waals surface area contributed by atoms with E-state index in [1.165, 1.54) is 18.2 Å². The number of hydrogen-bond donors (Lipinski definition) is 1. The quantitative estimate of drug-likeness (QED) is 0.492. The highest BCUT2D eigenvalue weighted by atomic mass is 35.5. The van der Waals surface area contributed by atoms with Crippen LogP contribution >= 0.6 is 24.8 Å². The molecule has 0 bridgehead atoms. The minimum atomic E-state index is -0.488. The SMILES string of the molecule is C=C(C)C[C@@H](c1cc([N+](=O)[O-])ccc1F)N1CCNCC1.Cl.Cl. The number of nitro benzene ring substituents is 1.